The van der Waals surface area contributed by atoms with Crippen molar-refractivity contribution in [2.75, 3.05) is 11.9 Å². The van der Waals surface area contributed by atoms with E-state index >= 15 is 0 Å². The minimum absolute atomic E-state index is 0.0529. The number of nitriles is 1. The van der Waals surface area contributed by atoms with Gasteiger partial charge in [0, 0.05) is 12.7 Å². The first kappa shape index (κ1) is 13.3. The van der Waals surface area contributed by atoms with E-state index in [1.807, 2.05) is 0 Å². The van der Waals surface area contributed by atoms with Crippen LogP contribution in [0.2, 0.25) is 0 Å². The third-order valence-electron chi connectivity index (χ3n) is 2.15. The lowest BCUT2D eigenvalue weighted by molar-refractivity contribution is -0.137. The Kier molecular flexibility index (Phi) is 3.58. The molecule has 1 aromatic carbocycles. The molecule has 0 amide bonds. The van der Waals surface area contributed by atoms with Crippen LogP contribution in [0.4, 0.5) is 18.9 Å². The Morgan fingerprint density at radius 1 is 1.47 bits per heavy atom. The standard InChI is InChI=1S/C10H8F3N3S/c1-16(9(15)17)7-3-2-6(5-14)8(4-7)10(11,12)13/h2-4H,1H3,(H2,15,17). The van der Waals surface area contributed by atoms with Gasteiger partial charge in [0.2, 0.25) is 0 Å². The van der Waals surface area contributed by atoms with Gasteiger partial charge in [0.1, 0.15) is 0 Å². The van der Waals surface area contributed by atoms with Crippen molar-refractivity contribution in [1.29, 1.82) is 5.26 Å². The topological polar surface area (TPSA) is 53.0 Å². The minimum Gasteiger partial charge on any atom is -0.376 e. The molecule has 1 rings (SSSR count). The van der Waals surface area contributed by atoms with Gasteiger partial charge in [0.05, 0.1) is 17.2 Å². The molecule has 0 aromatic heterocycles. The molecule has 2 N–H and O–H groups in total. The van der Waals surface area contributed by atoms with Gasteiger partial charge < -0.3 is 10.6 Å². The Morgan fingerprint density at radius 2 is 2.06 bits per heavy atom. The van der Waals surface area contributed by atoms with Crippen molar-refractivity contribution >= 4 is 23.0 Å². The molecular formula is C10H8F3N3S. The number of alkyl halides is 3. The molecule has 0 aliphatic carbocycles. The summed E-state index contributed by atoms with van der Waals surface area (Å²) >= 11 is 4.66. The monoisotopic (exact) mass is 259 g/mol. The van der Waals surface area contributed by atoms with Crippen LogP contribution in [0, 0.1) is 11.3 Å². The maximum atomic E-state index is 12.6. The number of halogens is 3. The van der Waals surface area contributed by atoms with Gasteiger partial charge in [-0.15, -0.1) is 0 Å². The van der Waals surface area contributed by atoms with Crippen LogP contribution in [0.1, 0.15) is 11.1 Å². The Morgan fingerprint density at radius 3 is 2.47 bits per heavy atom. The van der Waals surface area contributed by atoms with E-state index in [9.17, 15) is 13.2 Å². The quantitative estimate of drug-likeness (QED) is 0.786. The van der Waals surface area contributed by atoms with E-state index in [0.29, 0.717) is 0 Å². The number of nitrogens with two attached hydrogens (primary N) is 1. The van der Waals surface area contributed by atoms with E-state index in [2.05, 4.69) is 12.2 Å². The number of anilines is 1. The molecule has 0 aliphatic rings. The summed E-state index contributed by atoms with van der Waals surface area (Å²) in [6.07, 6.45) is -4.59. The molecule has 7 heteroatoms. The van der Waals surface area contributed by atoms with E-state index in [4.69, 9.17) is 11.0 Å². The predicted octanol–water partition coefficient (Wildman–Crippen LogP) is 2.26. The largest absolute Gasteiger partial charge is 0.417 e. The number of benzene rings is 1. The second-order valence-corrected chi connectivity index (χ2v) is 3.65. The van der Waals surface area contributed by atoms with Crippen molar-refractivity contribution in [3.63, 3.8) is 0 Å². The number of thiocarbonyl (C=S) groups is 1. The summed E-state index contributed by atoms with van der Waals surface area (Å²) in [5.74, 6) is 0. The first-order valence-electron chi connectivity index (χ1n) is 4.42. The molecule has 17 heavy (non-hydrogen) atoms. The Hall–Kier alpha value is -1.81. The molecule has 0 radical (unpaired) electrons. The smallest absolute Gasteiger partial charge is 0.376 e. The fourth-order valence-corrected chi connectivity index (χ4v) is 1.31. The Bertz CT molecular complexity index is 491. The highest BCUT2D eigenvalue weighted by molar-refractivity contribution is 7.80. The average molecular weight is 259 g/mol. The third kappa shape index (κ3) is 2.85. The fraction of sp³-hybridized carbons (Fsp3) is 0.200. The van der Waals surface area contributed by atoms with Gasteiger partial charge in [-0.1, -0.05) is 0 Å². The molecule has 0 aliphatic heterocycles. The third-order valence-corrected chi connectivity index (χ3v) is 2.42. The number of hydrogen-bond acceptors (Lipinski definition) is 2. The summed E-state index contributed by atoms with van der Waals surface area (Å²) in [6, 6.07) is 4.78. The van der Waals surface area contributed by atoms with E-state index in [1.165, 1.54) is 24.1 Å². The van der Waals surface area contributed by atoms with Crippen LogP contribution >= 0.6 is 12.2 Å². The highest BCUT2D eigenvalue weighted by atomic mass is 32.1. The Labute approximate surface area is 101 Å². The van der Waals surface area contributed by atoms with Crippen LogP contribution in [0.3, 0.4) is 0 Å². The number of nitrogens with zero attached hydrogens (tertiary/aromatic N) is 2. The minimum atomic E-state index is -4.59. The van der Waals surface area contributed by atoms with Gasteiger partial charge in [-0.05, 0) is 30.4 Å². The van der Waals surface area contributed by atoms with Crippen LogP contribution in [0.5, 0.6) is 0 Å². The summed E-state index contributed by atoms with van der Waals surface area (Å²) < 4.78 is 37.9. The van der Waals surface area contributed by atoms with Gasteiger partial charge in [-0.25, -0.2) is 0 Å². The van der Waals surface area contributed by atoms with Crippen LogP contribution in [-0.2, 0) is 6.18 Å². The summed E-state index contributed by atoms with van der Waals surface area (Å²) in [4.78, 5) is 1.23. The van der Waals surface area contributed by atoms with E-state index in [-0.39, 0.29) is 10.8 Å². The zero-order chi connectivity index (χ0) is 13.2. The second kappa shape index (κ2) is 4.59. The first-order chi connectivity index (χ1) is 7.77. The zero-order valence-corrected chi connectivity index (χ0v) is 9.56. The van der Waals surface area contributed by atoms with E-state index in [0.717, 1.165) is 12.1 Å². The molecule has 0 atom stereocenters. The lowest BCUT2D eigenvalue weighted by atomic mass is 10.1. The Balaban J connectivity index is 3.34. The summed E-state index contributed by atoms with van der Waals surface area (Å²) in [7, 11) is 1.45. The van der Waals surface area contributed by atoms with Crippen LogP contribution in [0.25, 0.3) is 0 Å². The van der Waals surface area contributed by atoms with Crippen molar-refractivity contribution in [3.05, 3.63) is 29.3 Å². The highest BCUT2D eigenvalue weighted by Gasteiger charge is 2.34. The average Bonchev–Trinajstić information content (AvgIpc) is 2.25. The SMILES string of the molecule is CN(C(N)=S)c1ccc(C#N)c(C(F)(F)F)c1. The lowest BCUT2D eigenvalue weighted by Crippen LogP contribution is -2.31. The maximum Gasteiger partial charge on any atom is 0.417 e. The fourth-order valence-electron chi connectivity index (χ4n) is 1.20. The normalized spacial score (nSPS) is 10.8. The van der Waals surface area contributed by atoms with Crippen molar-refractivity contribution in [2.24, 2.45) is 5.73 Å². The summed E-state index contributed by atoms with van der Waals surface area (Å²) in [6.45, 7) is 0. The van der Waals surface area contributed by atoms with E-state index < -0.39 is 17.3 Å². The molecule has 90 valence electrons. The zero-order valence-electron chi connectivity index (χ0n) is 8.75. The number of hydrogen-bond donors (Lipinski definition) is 1. The first-order valence-corrected chi connectivity index (χ1v) is 4.82. The summed E-state index contributed by atoms with van der Waals surface area (Å²) in [5.41, 5.74) is 4.06. The maximum absolute atomic E-state index is 12.6. The van der Waals surface area contributed by atoms with Gasteiger partial charge in [-0.3, -0.25) is 0 Å². The second-order valence-electron chi connectivity index (χ2n) is 3.24. The van der Waals surface area contributed by atoms with Gasteiger partial charge in [-0.2, -0.15) is 18.4 Å². The number of rotatable bonds is 1. The van der Waals surface area contributed by atoms with Gasteiger partial charge >= 0.3 is 6.18 Å². The van der Waals surface area contributed by atoms with E-state index in [1.54, 1.807) is 0 Å². The van der Waals surface area contributed by atoms with Crippen LogP contribution in [-0.4, -0.2) is 12.2 Å². The van der Waals surface area contributed by atoms with Crippen molar-refractivity contribution < 1.29 is 13.2 Å². The predicted molar refractivity (Wildman–Crippen MR) is 61.3 cm³/mol. The molecule has 1 aromatic rings. The van der Waals surface area contributed by atoms with Crippen molar-refractivity contribution in [3.8, 4) is 6.07 Å². The molecule has 0 spiro atoms. The molecule has 0 bridgehead atoms. The van der Waals surface area contributed by atoms with Gasteiger partial charge in [0.15, 0.2) is 5.11 Å². The highest BCUT2D eigenvalue weighted by Crippen LogP contribution is 2.34. The van der Waals surface area contributed by atoms with Crippen LogP contribution in [0.15, 0.2) is 18.2 Å². The molecule has 0 fully saturated rings. The summed E-state index contributed by atoms with van der Waals surface area (Å²) in [5, 5.41) is 8.55. The molecular weight excluding hydrogens is 251 g/mol. The van der Waals surface area contributed by atoms with Crippen molar-refractivity contribution in [2.45, 2.75) is 6.18 Å². The molecule has 3 nitrogen and oxygen atoms in total. The lowest BCUT2D eigenvalue weighted by Gasteiger charge is -2.19. The van der Waals surface area contributed by atoms with Gasteiger partial charge in [0.25, 0.3) is 0 Å². The molecule has 0 saturated heterocycles. The molecule has 0 heterocycles. The molecule has 0 unspecified atom stereocenters. The van der Waals surface area contributed by atoms with Crippen LogP contribution < -0.4 is 10.6 Å². The molecule has 0 saturated carbocycles. The van der Waals surface area contributed by atoms with Crippen molar-refractivity contribution in [1.82, 2.24) is 0 Å².